The normalized spacial score (nSPS) is 16.6. The Morgan fingerprint density at radius 1 is 1.26 bits per heavy atom. The Morgan fingerprint density at radius 2 is 1.95 bits per heavy atom. The van der Waals surface area contributed by atoms with E-state index in [4.69, 9.17) is 4.74 Å². The summed E-state index contributed by atoms with van der Waals surface area (Å²) in [5.41, 5.74) is 1.94. The minimum absolute atomic E-state index is 0.559. The van der Waals surface area contributed by atoms with Gasteiger partial charge in [0, 0.05) is 19.6 Å². The SMILES string of the molecule is CNCC1(CN(C)CCc2ccc(OC)cc2)CC1. The van der Waals surface area contributed by atoms with Crippen LogP contribution in [0, 0.1) is 5.41 Å². The molecule has 1 saturated carbocycles. The van der Waals surface area contributed by atoms with Crippen LogP contribution in [0.5, 0.6) is 5.75 Å². The Hall–Kier alpha value is -1.06. The van der Waals surface area contributed by atoms with Crippen LogP contribution in [0.2, 0.25) is 0 Å². The minimum atomic E-state index is 0.559. The van der Waals surface area contributed by atoms with Crippen molar-refractivity contribution in [1.82, 2.24) is 10.2 Å². The van der Waals surface area contributed by atoms with Gasteiger partial charge in [-0.25, -0.2) is 0 Å². The molecular formula is C16H26N2O. The van der Waals surface area contributed by atoms with E-state index in [1.165, 1.54) is 24.9 Å². The predicted octanol–water partition coefficient (Wildman–Crippen LogP) is 2.17. The highest BCUT2D eigenvalue weighted by Gasteiger charge is 2.42. The molecule has 0 atom stereocenters. The summed E-state index contributed by atoms with van der Waals surface area (Å²) in [4.78, 5) is 2.47. The van der Waals surface area contributed by atoms with Gasteiger partial charge in [0.1, 0.15) is 5.75 Å². The van der Waals surface area contributed by atoms with Gasteiger partial charge in [-0.15, -0.1) is 0 Å². The van der Waals surface area contributed by atoms with E-state index >= 15 is 0 Å². The van der Waals surface area contributed by atoms with Crippen LogP contribution in [-0.2, 0) is 6.42 Å². The van der Waals surface area contributed by atoms with Gasteiger partial charge in [-0.05, 0) is 56.5 Å². The van der Waals surface area contributed by atoms with Gasteiger partial charge >= 0.3 is 0 Å². The van der Waals surface area contributed by atoms with E-state index in [2.05, 4.69) is 36.4 Å². The Morgan fingerprint density at radius 3 is 2.47 bits per heavy atom. The molecule has 0 bridgehead atoms. The second-order valence-electron chi connectivity index (χ2n) is 5.87. The van der Waals surface area contributed by atoms with E-state index in [0.717, 1.165) is 25.3 Å². The molecule has 2 rings (SSSR count). The van der Waals surface area contributed by atoms with Crippen molar-refractivity contribution in [3.8, 4) is 5.75 Å². The summed E-state index contributed by atoms with van der Waals surface area (Å²) in [5, 5.41) is 3.32. The lowest BCUT2D eigenvalue weighted by Crippen LogP contribution is -2.33. The van der Waals surface area contributed by atoms with Crippen LogP contribution in [0.3, 0.4) is 0 Å². The van der Waals surface area contributed by atoms with Crippen LogP contribution in [-0.4, -0.2) is 45.7 Å². The Kier molecular flexibility index (Phi) is 4.83. The second kappa shape index (κ2) is 6.40. The smallest absolute Gasteiger partial charge is 0.118 e. The number of benzene rings is 1. The van der Waals surface area contributed by atoms with Crippen LogP contribution in [0.4, 0.5) is 0 Å². The van der Waals surface area contributed by atoms with Gasteiger partial charge < -0.3 is 15.0 Å². The Bertz CT molecular complexity index is 384. The first-order valence-corrected chi connectivity index (χ1v) is 7.13. The molecule has 1 aliphatic carbocycles. The molecule has 1 fully saturated rings. The van der Waals surface area contributed by atoms with Crippen LogP contribution in [0.25, 0.3) is 0 Å². The van der Waals surface area contributed by atoms with Crippen molar-refractivity contribution in [3.63, 3.8) is 0 Å². The first-order chi connectivity index (χ1) is 9.17. The second-order valence-corrected chi connectivity index (χ2v) is 5.87. The third kappa shape index (κ3) is 4.22. The lowest BCUT2D eigenvalue weighted by Gasteiger charge is -2.23. The molecule has 0 amide bonds. The fraction of sp³-hybridized carbons (Fsp3) is 0.625. The van der Waals surface area contributed by atoms with Crippen LogP contribution in [0.15, 0.2) is 24.3 Å². The maximum atomic E-state index is 5.18. The lowest BCUT2D eigenvalue weighted by molar-refractivity contribution is 0.262. The highest BCUT2D eigenvalue weighted by atomic mass is 16.5. The Balaban J connectivity index is 1.75. The molecule has 0 radical (unpaired) electrons. The van der Waals surface area contributed by atoms with Gasteiger partial charge in [0.15, 0.2) is 0 Å². The number of ether oxygens (including phenoxy) is 1. The minimum Gasteiger partial charge on any atom is -0.497 e. The largest absolute Gasteiger partial charge is 0.497 e. The molecule has 0 aliphatic heterocycles. The zero-order chi connectivity index (χ0) is 13.7. The topological polar surface area (TPSA) is 24.5 Å². The average molecular weight is 262 g/mol. The number of hydrogen-bond acceptors (Lipinski definition) is 3. The lowest BCUT2D eigenvalue weighted by atomic mass is 10.1. The summed E-state index contributed by atoms with van der Waals surface area (Å²) in [6, 6.07) is 8.40. The number of nitrogens with one attached hydrogen (secondary N) is 1. The maximum absolute atomic E-state index is 5.18. The van der Waals surface area contributed by atoms with Crippen molar-refractivity contribution < 1.29 is 4.74 Å². The van der Waals surface area contributed by atoms with Crippen molar-refractivity contribution >= 4 is 0 Å². The molecule has 0 heterocycles. The summed E-state index contributed by atoms with van der Waals surface area (Å²) in [6.45, 7) is 3.49. The standard InChI is InChI=1S/C16H26N2O/c1-17-12-16(9-10-16)13-18(2)11-8-14-4-6-15(19-3)7-5-14/h4-7,17H,8-13H2,1-3H3. The maximum Gasteiger partial charge on any atom is 0.118 e. The fourth-order valence-electron chi connectivity index (χ4n) is 2.71. The molecule has 0 saturated heterocycles. The number of methoxy groups -OCH3 is 1. The van der Waals surface area contributed by atoms with E-state index in [-0.39, 0.29) is 0 Å². The third-order valence-electron chi connectivity index (χ3n) is 4.06. The third-order valence-corrected chi connectivity index (χ3v) is 4.06. The molecule has 0 unspecified atom stereocenters. The Labute approximate surface area is 116 Å². The van der Waals surface area contributed by atoms with E-state index in [1.807, 2.05) is 12.1 Å². The predicted molar refractivity (Wildman–Crippen MR) is 79.8 cm³/mol. The van der Waals surface area contributed by atoms with Crippen molar-refractivity contribution in [2.75, 3.05) is 40.8 Å². The molecule has 0 spiro atoms. The molecule has 1 aromatic rings. The molecule has 3 heteroatoms. The highest BCUT2D eigenvalue weighted by molar-refractivity contribution is 5.27. The first kappa shape index (κ1) is 14.4. The van der Waals surface area contributed by atoms with E-state index in [9.17, 15) is 0 Å². The molecule has 1 aliphatic rings. The number of likely N-dealkylation sites (N-methyl/N-ethyl adjacent to an activating group) is 1. The molecule has 1 N–H and O–H groups in total. The quantitative estimate of drug-likeness (QED) is 0.777. The number of nitrogens with zero attached hydrogens (tertiary/aromatic N) is 1. The van der Waals surface area contributed by atoms with Crippen molar-refractivity contribution in [2.24, 2.45) is 5.41 Å². The zero-order valence-corrected chi connectivity index (χ0v) is 12.4. The van der Waals surface area contributed by atoms with Gasteiger partial charge in [-0.3, -0.25) is 0 Å². The molecule has 1 aromatic carbocycles. The van der Waals surface area contributed by atoms with Gasteiger partial charge in [0.2, 0.25) is 0 Å². The molecular weight excluding hydrogens is 236 g/mol. The fourth-order valence-corrected chi connectivity index (χ4v) is 2.71. The van der Waals surface area contributed by atoms with E-state index < -0.39 is 0 Å². The summed E-state index contributed by atoms with van der Waals surface area (Å²) < 4.78 is 5.18. The van der Waals surface area contributed by atoms with Crippen molar-refractivity contribution in [1.29, 1.82) is 0 Å². The van der Waals surface area contributed by atoms with E-state index in [1.54, 1.807) is 7.11 Å². The monoisotopic (exact) mass is 262 g/mol. The van der Waals surface area contributed by atoms with Gasteiger partial charge in [-0.2, -0.15) is 0 Å². The van der Waals surface area contributed by atoms with Gasteiger partial charge in [0.25, 0.3) is 0 Å². The molecule has 3 nitrogen and oxygen atoms in total. The van der Waals surface area contributed by atoms with Crippen molar-refractivity contribution in [3.05, 3.63) is 29.8 Å². The van der Waals surface area contributed by atoms with Crippen molar-refractivity contribution in [2.45, 2.75) is 19.3 Å². The highest BCUT2D eigenvalue weighted by Crippen LogP contribution is 2.45. The van der Waals surface area contributed by atoms with Gasteiger partial charge in [-0.1, -0.05) is 12.1 Å². The van der Waals surface area contributed by atoms with Crippen LogP contribution in [0.1, 0.15) is 18.4 Å². The summed E-state index contributed by atoms with van der Waals surface area (Å²) in [6.07, 6.45) is 3.86. The summed E-state index contributed by atoms with van der Waals surface area (Å²) in [5.74, 6) is 0.933. The number of hydrogen-bond donors (Lipinski definition) is 1. The average Bonchev–Trinajstić information content (AvgIpc) is 3.17. The van der Waals surface area contributed by atoms with Crippen LogP contribution >= 0.6 is 0 Å². The van der Waals surface area contributed by atoms with Crippen LogP contribution < -0.4 is 10.1 Å². The van der Waals surface area contributed by atoms with E-state index in [0.29, 0.717) is 5.41 Å². The first-order valence-electron chi connectivity index (χ1n) is 7.13. The summed E-state index contributed by atoms with van der Waals surface area (Å²) in [7, 11) is 6.00. The summed E-state index contributed by atoms with van der Waals surface area (Å²) >= 11 is 0. The molecule has 0 aromatic heterocycles. The van der Waals surface area contributed by atoms with Gasteiger partial charge in [0.05, 0.1) is 7.11 Å². The number of rotatable bonds is 8. The molecule has 19 heavy (non-hydrogen) atoms. The molecule has 106 valence electrons. The zero-order valence-electron chi connectivity index (χ0n) is 12.4.